The first-order valence-corrected chi connectivity index (χ1v) is 7.24. The van der Waals surface area contributed by atoms with Gasteiger partial charge in [-0.05, 0) is 18.4 Å². The SMILES string of the molecule is CC(Cc1cccs1)N(C)c1cnc(C(N)=S)cn1. The van der Waals surface area contributed by atoms with Gasteiger partial charge in [0.05, 0.1) is 12.4 Å². The van der Waals surface area contributed by atoms with E-state index in [1.54, 1.807) is 23.7 Å². The van der Waals surface area contributed by atoms with Gasteiger partial charge >= 0.3 is 0 Å². The summed E-state index contributed by atoms with van der Waals surface area (Å²) in [4.78, 5) is 12.3. The highest BCUT2D eigenvalue weighted by molar-refractivity contribution is 7.80. The van der Waals surface area contributed by atoms with Gasteiger partial charge in [0.2, 0.25) is 0 Å². The van der Waals surface area contributed by atoms with Crippen molar-refractivity contribution in [2.45, 2.75) is 19.4 Å². The second-order valence-electron chi connectivity index (χ2n) is 4.37. The molecule has 2 N–H and O–H groups in total. The van der Waals surface area contributed by atoms with E-state index in [1.807, 2.05) is 7.05 Å². The highest BCUT2D eigenvalue weighted by Gasteiger charge is 2.13. The lowest BCUT2D eigenvalue weighted by molar-refractivity contribution is 0.678. The zero-order valence-electron chi connectivity index (χ0n) is 10.9. The number of nitrogens with zero attached hydrogens (tertiary/aromatic N) is 3. The summed E-state index contributed by atoms with van der Waals surface area (Å²) in [5.41, 5.74) is 6.06. The van der Waals surface area contributed by atoms with Gasteiger partial charge in [0, 0.05) is 24.4 Å². The number of anilines is 1. The molecule has 0 aliphatic carbocycles. The van der Waals surface area contributed by atoms with Gasteiger partial charge in [0.25, 0.3) is 0 Å². The number of thiocarbonyl (C=S) groups is 1. The lowest BCUT2D eigenvalue weighted by Gasteiger charge is -2.25. The van der Waals surface area contributed by atoms with Crippen LogP contribution < -0.4 is 10.6 Å². The van der Waals surface area contributed by atoms with E-state index in [0.717, 1.165) is 12.2 Å². The minimum Gasteiger partial charge on any atom is -0.388 e. The van der Waals surface area contributed by atoms with Crippen LogP contribution in [0.2, 0.25) is 0 Å². The first kappa shape index (κ1) is 13.9. The molecule has 0 saturated heterocycles. The van der Waals surface area contributed by atoms with Crippen LogP contribution in [0.5, 0.6) is 0 Å². The van der Waals surface area contributed by atoms with Crippen LogP contribution >= 0.6 is 23.6 Å². The van der Waals surface area contributed by atoms with E-state index in [2.05, 4.69) is 39.3 Å². The highest BCUT2D eigenvalue weighted by Crippen LogP contribution is 2.17. The maximum Gasteiger partial charge on any atom is 0.147 e. The third-order valence-corrected chi connectivity index (χ3v) is 4.10. The Morgan fingerprint density at radius 1 is 1.47 bits per heavy atom. The summed E-state index contributed by atoms with van der Waals surface area (Å²) in [6.45, 7) is 2.17. The van der Waals surface area contributed by atoms with Crippen molar-refractivity contribution in [1.29, 1.82) is 0 Å². The van der Waals surface area contributed by atoms with Gasteiger partial charge in [0.1, 0.15) is 16.5 Å². The van der Waals surface area contributed by atoms with Crippen molar-refractivity contribution in [2.75, 3.05) is 11.9 Å². The van der Waals surface area contributed by atoms with E-state index in [-0.39, 0.29) is 4.99 Å². The first-order valence-electron chi connectivity index (χ1n) is 5.95. The molecule has 0 radical (unpaired) electrons. The Morgan fingerprint density at radius 3 is 2.79 bits per heavy atom. The summed E-state index contributed by atoms with van der Waals surface area (Å²) < 4.78 is 0. The predicted molar refractivity (Wildman–Crippen MR) is 83.8 cm³/mol. The lowest BCUT2D eigenvalue weighted by atomic mass is 10.2. The Labute approximate surface area is 122 Å². The largest absolute Gasteiger partial charge is 0.388 e. The lowest BCUT2D eigenvalue weighted by Crippen LogP contribution is -2.31. The molecule has 100 valence electrons. The first-order chi connectivity index (χ1) is 9.08. The van der Waals surface area contributed by atoms with E-state index < -0.39 is 0 Å². The van der Waals surface area contributed by atoms with E-state index in [9.17, 15) is 0 Å². The Morgan fingerprint density at radius 2 is 2.26 bits per heavy atom. The summed E-state index contributed by atoms with van der Waals surface area (Å²) >= 11 is 6.64. The molecule has 1 unspecified atom stereocenters. The van der Waals surface area contributed by atoms with Crippen LogP contribution in [0.4, 0.5) is 5.82 Å². The molecule has 0 bridgehead atoms. The number of nitrogens with two attached hydrogens (primary N) is 1. The van der Waals surface area contributed by atoms with Crippen LogP contribution in [0.3, 0.4) is 0 Å². The van der Waals surface area contributed by atoms with E-state index in [1.165, 1.54) is 4.88 Å². The van der Waals surface area contributed by atoms with E-state index in [4.69, 9.17) is 18.0 Å². The average Bonchev–Trinajstić information content (AvgIpc) is 2.90. The molecule has 0 spiro atoms. The van der Waals surface area contributed by atoms with Gasteiger partial charge in [-0.1, -0.05) is 18.3 Å². The van der Waals surface area contributed by atoms with Crippen LogP contribution in [-0.2, 0) is 6.42 Å². The Balaban J connectivity index is 2.06. The Kier molecular flexibility index (Phi) is 4.44. The van der Waals surface area contributed by atoms with Gasteiger partial charge < -0.3 is 10.6 Å². The van der Waals surface area contributed by atoms with Gasteiger partial charge in [0.15, 0.2) is 0 Å². The van der Waals surface area contributed by atoms with Crippen LogP contribution in [0.1, 0.15) is 17.5 Å². The molecule has 2 aromatic heterocycles. The van der Waals surface area contributed by atoms with Crippen molar-refractivity contribution in [2.24, 2.45) is 5.73 Å². The van der Waals surface area contributed by atoms with Crippen LogP contribution in [0, 0.1) is 0 Å². The fraction of sp³-hybridized carbons (Fsp3) is 0.308. The van der Waals surface area contributed by atoms with Crippen molar-refractivity contribution in [3.8, 4) is 0 Å². The third-order valence-electron chi connectivity index (χ3n) is 2.99. The van der Waals surface area contributed by atoms with E-state index in [0.29, 0.717) is 11.7 Å². The molecule has 1 atom stereocenters. The standard InChI is InChI=1S/C13H16N4S2/c1-9(6-10-4-3-5-19-10)17(2)12-8-15-11(7-16-12)13(14)18/h3-5,7-9H,6H2,1-2H3,(H2,14,18). The maximum absolute atomic E-state index is 5.51. The molecule has 0 aromatic carbocycles. The van der Waals surface area contributed by atoms with Crippen LogP contribution in [0.25, 0.3) is 0 Å². The van der Waals surface area contributed by atoms with Gasteiger partial charge in [-0.3, -0.25) is 0 Å². The zero-order chi connectivity index (χ0) is 13.8. The summed E-state index contributed by atoms with van der Waals surface area (Å²) in [6.07, 6.45) is 4.32. The van der Waals surface area contributed by atoms with Crippen LogP contribution in [0.15, 0.2) is 29.9 Å². The summed E-state index contributed by atoms with van der Waals surface area (Å²) in [5.74, 6) is 0.823. The number of likely N-dealkylation sites (N-methyl/N-ethyl adjacent to an activating group) is 1. The number of aromatic nitrogens is 2. The fourth-order valence-electron chi connectivity index (χ4n) is 1.71. The molecular weight excluding hydrogens is 276 g/mol. The zero-order valence-corrected chi connectivity index (χ0v) is 12.5. The van der Waals surface area contributed by atoms with Crippen molar-refractivity contribution in [3.63, 3.8) is 0 Å². The topological polar surface area (TPSA) is 55.0 Å². The number of hydrogen-bond acceptors (Lipinski definition) is 5. The highest BCUT2D eigenvalue weighted by atomic mass is 32.1. The maximum atomic E-state index is 5.51. The molecular formula is C13H16N4S2. The normalized spacial score (nSPS) is 12.1. The van der Waals surface area contributed by atoms with Crippen LogP contribution in [-0.4, -0.2) is 28.0 Å². The molecule has 0 aliphatic rings. The van der Waals surface area contributed by atoms with Crippen molar-refractivity contribution >= 4 is 34.4 Å². The molecule has 0 amide bonds. The fourth-order valence-corrected chi connectivity index (χ4v) is 2.65. The molecule has 0 aliphatic heterocycles. The number of rotatable bonds is 5. The molecule has 6 heteroatoms. The molecule has 2 rings (SSSR count). The number of hydrogen-bond donors (Lipinski definition) is 1. The molecule has 2 heterocycles. The monoisotopic (exact) mass is 292 g/mol. The van der Waals surface area contributed by atoms with E-state index >= 15 is 0 Å². The molecule has 0 fully saturated rings. The second-order valence-corrected chi connectivity index (χ2v) is 5.84. The predicted octanol–water partition coefficient (Wildman–Crippen LogP) is 2.24. The molecule has 2 aromatic rings. The summed E-state index contributed by atoms with van der Waals surface area (Å²) in [6, 6.07) is 4.57. The smallest absolute Gasteiger partial charge is 0.147 e. The Bertz CT molecular complexity index is 536. The third kappa shape index (κ3) is 3.48. The second kappa shape index (κ2) is 6.08. The quantitative estimate of drug-likeness (QED) is 0.857. The van der Waals surface area contributed by atoms with Crippen molar-refractivity contribution in [3.05, 3.63) is 40.5 Å². The van der Waals surface area contributed by atoms with Gasteiger partial charge in [-0.25, -0.2) is 9.97 Å². The average molecular weight is 292 g/mol. The van der Waals surface area contributed by atoms with Crippen molar-refractivity contribution < 1.29 is 0 Å². The Hall–Kier alpha value is -1.53. The minimum atomic E-state index is 0.272. The van der Waals surface area contributed by atoms with Gasteiger partial charge in [-0.2, -0.15) is 0 Å². The molecule has 19 heavy (non-hydrogen) atoms. The van der Waals surface area contributed by atoms with Gasteiger partial charge in [-0.15, -0.1) is 11.3 Å². The van der Waals surface area contributed by atoms with Crippen molar-refractivity contribution in [1.82, 2.24) is 9.97 Å². The summed E-state index contributed by atoms with van der Waals surface area (Å²) in [5, 5.41) is 2.10. The minimum absolute atomic E-state index is 0.272. The number of thiophene rings is 1. The summed E-state index contributed by atoms with van der Waals surface area (Å²) in [7, 11) is 2.02. The molecule has 4 nitrogen and oxygen atoms in total. The molecule has 0 saturated carbocycles.